The second-order valence-corrected chi connectivity index (χ2v) is 7.73. The summed E-state index contributed by atoms with van der Waals surface area (Å²) in [6.45, 7) is 2.67. The molecule has 0 spiro atoms. The number of nitrogens with zero attached hydrogens (tertiary/aromatic N) is 5. The van der Waals surface area contributed by atoms with E-state index in [0.717, 1.165) is 35.5 Å². The summed E-state index contributed by atoms with van der Waals surface area (Å²) < 4.78 is 6.47. The molecule has 152 valence electrons. The van der Waals surface area contributed by atoms with Gasteiger partial charge < -0.3 is 15.4 Å². The van der Waals surface area contributed by atoms with Gasteiger partial charge in [0.05, 0.1) is 24.7 Å². The van der Waals surface area contributed by atoms with E-state index in [1.807, 2.05) is 24.3 Å². The molecule has 3 heterocycles. The van der Waals surface area contributed by atoms with Crippen molar-refractivity contribution in [1.29, 1.82) is 5.26 Å². The van der Waals surface area contributed by atoms with Gasteiger partial charge in [0.25, 0.3) is 0 Å². The first-order valence-corrected chi connectivity index (χ1v) is 9.89. The van der Waals surface area contributed by atoms with Gasteiger partial charge in [0.2, 0.25) is 0 Å². The largest absolute Gasteiger partial charge is 0.452 e. The molecule has 0 bridgehead atoms. The van der Waals surface area contributed by atoms with Crippen molar-refractivity contribution in [3.8, 4) is 6.07 Å². The molecule has 1 unspecified atom stereocenters. The van der Waals surface area contributed by atoms with Gasteiger partial charge in [-0.25, -0.2) is 9.78 Å². The van der Waals surface area contributed by atoms with Crippen LogP contribution in [0, 0.1) is 11.3 Å². The normalized spacial score (nSPS) is 17.5. The molecular formula is C21H21N7O2. The van der Waals surface area contributed by atoms with Crippen LogP contribution in [0.5, 0.6) is 0 Å². The Bertz CT molecular complexity index is 1190. The number of rotatable bonds is 4. The van der Waals surface area contributed by atoms with E-state index in [1.165, 1.54) is 13.3 Å². The minimum atomic E-state index is -0.370. The molecule has 1 atom stereocenters. The number of nitriles is 1. The number of carbonyl (C=O) groups excluding carboxylic acids is 1. The van der Waals surface area contributed by atoms with Gasteiger partial charge in [-0.3, -0.25) is 4.90 Å². The molecule has 30 heavy (non-hydrogen) atoms. The van der Waals surface area contributed by atoms with Crippen LogP contribution in [0.1, 0.15) is 36.9 Å². The first-order valence-electron chi connectivity index (χ1n) is 9.89. The van der Waals surface area contributed by atoms with Crippen molar-refractivity contribution < 1.29 is 9.53 Å². The number of hydrogen-bond donors (Lipinski definition) is 2. The molecular weight excluding hydrogens is 382 g/mol. The third-order valence-corrected chi connectivity index (χ3v) is 5.50. The van der Waals surface area contributed by atoms with E-state index in [4.69, 9.17) is 4.74 Å². The van der Waals surface area contributed by atoms with Gasteiger partial charge in [0.15, 0.2) is 17.2 Å². The van der Waals surface area contributed by atoms with Crippen LogP contribution < -0.4 is 15.5 Å². The van der Waals surface area contributed by atoms with Crippen molar-refractivity contribution in [2.45, 2.75) is 31.7 Å². The van der Waals surface area contributed by atoms with Crippen LogP contribution in [0.25, 0.3) is 5.65 Å². The van der Waals surface area contributed by atoms with E-state index in [9.17, 15) is 10.1 Å². The molecule has 5 rings (SSSR count). The molecule has 2 aliphatic rings. The summed E-state index contributed by atoms with van der Waals surface area (Å²) in [6.07, 6.45) is 3.39. The number of imidazole rings is 1. The third kappa shape index (κ3) is 3.06. The average Bonchev–Trinajstić information content (AvgIpc) is 3.37. The SMILES string of the molecule is COC(=O)N1CC(C)c2ccc(Nc3cc(NC4CC4)c4ncc(C#N)n4n3)cc21. The summed E-state index contributed by atoms with van der Waals surface area (Å²) in [6, 6.07) is 10.4. The molecule has 0 radical (unpaired) electrons. The Balaban J connectivity index is 1.51. The van der Waals surface area contributed by atoms with Gasteiger partial charge in [0, 0.05) is 30.3 Å². The van der Waals surface area contributed by atoms with Crippen molar-refractivity contribution in [2.75, 3.05) is 29.2 Å². The van der Waals surface area contributed by atoms with Crippen LogP contribution >= 0.6 is 0 Å². The zero-order valence-corrected chi connectivity index (χ0v) is 16.7. The van der Waals surface area contributed by atoms with Gasteiger partial charge in [-0.05, 0) is 30.5 Å². The predicted molar refractivity (Wildman–Crippen MR) is 112 cm³/mol. The van der Waals surface area contributed by atoms with Crippen LogP contribution in [-0.4, -0.2) is 40.4 Å². The summed E-state index contributed by atoms with van der Waals surface area (Å²) in [5.41, 5.74) is 4.56. The van der Waals surface area contributed by atoms with E-state index >= 15 is 0 Å². The van der Waals surface area contributed by atoms with Crippen molar-refractivity contribution in [2.24, 2.45) is 0 Å². The van der Waals surface area contributed by atoms with Crippen molar-refractivity contribution in [3.05, 3.63) is 41.7 Å². The zero-order chi connectivity index (χ0) is 20.8. The number of anilines is 4. The van der Waals surface area contributed by atoms with Gasteiger partial charge in [-0.1, -0.05) is 13.0 Å². The summed E-state index contributed by atoms with van der Waals surface area (Å²) in [5.74, 6) is 0.817. The van der Waals surface area contributed by atoms with E-state index in [2.05, 4.69) is 33.7 Å². The van der Waals surface area contributed by atoms with E-state index in [0.29, 0.717) is 29.7 Å². The first-order chi connectivity index (χ1) is 14.6. The number of hydrogen-bond acceptors (Lipinski definition) is 7. The summed E-state index contributed by atoms with van der Waals surface area (Å²) >= 11 is 0. The minimum Gasteiger partial charge on any atom is -0.452 e. The molecule has 9 heteroatoms. The molecule has 2 N–H and O–H groups in total. The fourth-order valence-electron chi connectivity index (χ4n) is 3.83. The number of methoxy groups -OCH3 is 1. The second-order valence-electron chi connectivity index (χ2n) is 7.73. The number of fused-ring (bicyclic) bond motifs is 2. The maximum absolute atomic E-state index is 12.2. The highest BCUT2D eigenvalue weighted by Gasteiger charge is 2.30. The van der Waals surface area contributed by atoms with Gasteiger partial charge in [0.1, 0.15) is 6.07 Å². The lowest BCUT2D eigenvalue weighted by molar-refractivity contribution is 0.179. The fraction of sp³-hybridized carbons (Fsp3) is 0.333. The van der Waals surface area contributed by atoms with Crippen LogP contribution in [0.2, 0.25) is 0 Å². The highest BCUT2D eigenvalue weighted by atomic mass is 16.5. The topological polar surface area (TPSA) is 108 Å². The van der Waals surface area contributed by atoms with Gasteiger partial charge >= 0.3 is 6.09 Å². The Morgan fingerprint density at radius 2 is 2.17 bits per heavy atom. The quantitative estimate of drug-likeness (QED) is 0.685. The zero-order valence-electron chi connectivity index (χ0n) is 16.7. The van der Waals surface area contributed by atoms with Crippen LogP contribution in [-0.2, 0) is 4.74 Å². The van der Waals surface area contributed by atoms with Crippen molar-refractivity contribution in [3.63, 3.8) is 0 Å². The highest BCUT2D eigenvalue weighted by Crippen LogP contribution is 2.39. The Morgan fingerprint density at radius 1 is 1.33 bits per heavy atom. The smallest absolute Gasteiger partial charge is 0.414 e. The van der Waals surface area contributed by atoms with E-state index in [-0.39, 0.29) is 12.0 Å². The third-order valence-electron chi connectivity index (χ3n) is 5.50. The van der Waals surface area contributed by atoms with Crippen molar-refractivity contribution in [1.82, 2.24) is 14.6 Å². The van der Waals surface area contributed by atoms with Gasteiger partial charge in [-0.15, -0.1) is 5.10 Å². The summed E-state index contributed by atoms with van der Waals surface area (Å²) in [4.78, 5) is 18.1. The van der Waals surface area contributed by atoms with Gasteiger partial charge in [-0.2, -0.15) is 9.78 Å². The molecule has 1 aliphatic heterocycles. The molecule has 2 aromatic heterocycles. The maximum atomic E-state index is 12.2. The lowest BCUT2D eigenvalue weighted by Crippen LogP contribution is -2.29. The monoisotopic (exact) mass is 403 g/mol. The molecule has 3 aromatic rings. The fourth-order valence-corrected chi connectivity index (χ4v) is 3.83. The number of benzene rings is 1. The van der Waals surface area contributed by atoms with Crippen molar-refractivity contribution >= 4 is 34.6 Å². The molecule has 0 saturated heterocycles. The predicted octanol–water partition coefficient (Wildman–Crippen LogP) is 3.61. The average molecular weight is 403 g/mol. The number of carbonyl (C=O) groups is 1. The lowest BCUT2D eigenvalue weighted by Gasteiger charge is -2.17. The number of aromatic nitrogens is 3. The number of amides is 1. The second kappa shape index (κ2) is 6.91. The molecule has 1 aliphatic carbocycles. The lowest BCUT2D eigenvalue weighted by atomic mass is 10.0. The molecule has 1 aromatic carbocycles. The first kappa shape index (κ1) is 18.2. The van der Waals surface area contributed by atoms with Crippen LogP contribution in [0.4, 0.5) is 27.7 Å². The molecule has 1 amide bonds. The molecule has 1 fully saturated rings. The Hall–Kier alpha value is -3.80. The van der Waals surface area contributed by atoms with E-state index < -0.39 is 0 Å². The highest BCUT2D eigenvalue weighted by molar-refractivity contribution is 5.92. The Labute approximate surface area is 173 Å². The van der Waals surface area contributed by atoms with Crippen LogP contribution in [0.3, 0.4) is 0 Å². The Morgan fingerprint density at radius 3 is 2.90 bits per heavy atom. The minimum absolute atomic E-state index is 0.237. The van der Waals surface area contributed by atoms with Crippen LogP contribution in [0.15, 0.2) is 30.5 Å². The number of ether oxygens (including phenoxy) is 1. The summed E-state index contributed by atoms with van der Waals surface area (Å²) in [7, 11) is 1.39. The standard InChI is InChI=1S/C21H21N7O2/c1-12-11-27(21(29)30-2)18-7-14(5-6-16(12)18)25-19-8-17(24-13-3-4-13)20-23-10-15(9-22)28(20)26-19/h5-8,10,12-13,24H,3-4,11H2,1-2H3,(H,25,26). The Kier molecular flexibility index (Phi) is 4.20. The van der Waals surface area contributed by atoms with E-state index in [1.54, 1.807) is 9.42 Å². The molecule has 1 saturated carbocycles. The number of nitrogens with one attached hydrogen (secondary N) is 2. The summed E-state index contributed by atoms with van der Waals surface area (Å²) in [5, 5.41) is 20.7. The molecule has 9 nitrogen and oxygen atoms in total. The maximum Gasteiger partial charge on any atom is 0.414 e.